The zero-order valence-electron chi connectivity index (χ0n) is 18.9. The van der Waals surface area contributed by atoms with Crippen LogP contribution in [0.5, 0.6) is 0 Å². The molecule has 5 rings (SSSR count). The van der Waals surface area contributed by atoms with Crippen LogP contribution in [0.1, 0.15) is 51.9 Å². The molecule has 1 spiro atoms. The highest BCUT2D eigenvalue weighted by Crippen LogP contribution is 2.53. The van der Waals surface area contributed by atoms with Gasteiger partial charge < -0.3 is 18.9 Å². The van der Waals surface area contributed by atoms with E-state index in [1.54, 1.807) is 14.2 Å². The van der Waals surface area contributed by atoms with Crippen molar-refractivity contribution in [2.24, 2.45) is 17.8 Å². The van der Waals surface area contributed by atoms with Gasteiger partial charge in [-0.3, -0.25) is 9.59 Å². The van der Waals surface area contributed by atoms with Crippen LogP contribution in [0.15, 0.2) is 11.3 Å². The summed E-state index contributed by atoms with van der Waals surface area (Å²) in [5.41, 5.74) is -1.02. The van der Waals surface area contributed by atoms with Gasteiger partial charge in [-0.25, -0.2) is 4.39 Å². The van der Waals surface area contributed by atoms with E-state index in [1.807, 2.05) is 6.92 Å². The van der Waals surface area contributed by atoms with Crippen molar-refractivity contribution in [2.45, 2.75) is 93.4 Å². The highest BCUT2D eigenvalue weighted by molar-refractivity contribution is 6.24. The van der Waals surface area contributed by atoms with Crippen LogP contribution in [0.25, 0.3) is 0 Å². The Morgan fingerprint density at radius 2 is 1.84 bits per heavy atom. The Kier molecular flexibility index (Phi) is 5.92. The quantitative estimate of drug-likeness (QED) is 0.464. The average Bonchev–Trinajstić information content (AvgIpc) is 3.34. The molecule has 0 bridgehead atoms. The van der Waals surface area contributed by atoms with Crippen molar-refractivity contribution in [3.05, 3.63) is 11.3 Å². The Hall–Kier alpha value is -1.02. The molecule has 32 heavy (non-hydrogen) atoms. The number of hydrogen-bond donors (Lipinski definition) is 0. The highest BCUT2D eigenvalue weighted by atomic mass is 35.5. The maximum absolute atomic E-state index is 14.0. The highest BCUT2D eigenvalue weighted by Gasteiger charge is 2.69. The van der Waals surface area contributed by atoms with Crippen LogP contribution in [0.2, 0.25) is 0 Å². The minimum atomic E-state index is -1.56. The van der Waals surface area contributed by atoms with E-state index in [2.05, 4.69) is 0 Å². The molecule has 2 heterocycles. The molecule has 0 aromatic heterocycles. The van der Waals surface area contributed by atoms with E-state index in [-0.39, 0.29) is 35.6 Å². The molecule has 1 saturated heterocycles. The molecule has 10 atom stereocenters. The SMILES string of the molecule is COC1CC(OC)C2C(=O)[C@@]3(OC2C1Cl)C(=O)C1=C(C[C@H]3C)O[C@@H](C2CCCC(F)C2)C1. The topological polar surface area (TPSA) is 71.1 Å². The van der Waals surface area contributed by atoms with Crippen LogP contribution < -0.4 is 0 Å². The van der Waals surface area contributed by atoms with E-state index in [1.165, 1.54) is 0 Å². The Morgan fingerprint density at radius 3 is 2.53 bits per heavy atom. The van der Waals surface area contributed by atoms with Crippen LogP contribution in [-0.4, -0.2) is 67.4 Å². The summed E-state index contributed by atoms with van der Waals surface area (Å²) in [7, 11) is 3.14. The minimum absolute atomic E-state index is 0.0961. The Balaban J connectivity index is 1.42. The Labute approximate surface area is 193 Å². The van der Waals surface area contributed by atoms with Gasteiger partial charge in [0.05, 0.1) is 29.6 Å². The number of alkyl halides is 2. The van der Waals surface area contributed by atoms with Gasteiger partial charge >= 0.3 is 0 Å². The van der Waals surface area contributed by atoms with Gasteiger partial charge in [0.15, 0.2) is 11.4 Å². The second kappa shape index (κ2) is 8.33. The predicted octanol–water partition coefficient (Wildman–Crippen LogP) is 3.53. The van der Waals surface area contributed by atoms with Gasteiger partial charge in [0.25, 0.3) is 0 Å². The van der Waals surface area contributed by atoms with E-state index in [9.17, 15) is 14.0 Å². The van der Waals surface area contributed by atoms with Crippen LogP contribution in [-0.2, 0) is 28.5 Å². The predicted molar refractivity (Wildman–Crippen MR) is 114 cm³/mol. The molecule has 8 heteroatoms. The number of carbonyl (C=O) groups is 2. The smallest absolute Gasteiger partial charge is 0.202 e. The Bertz CT molecular complexity index is 831. The lowest BCUT2D eigenvalue weighted by Crippen LogP contribution is -2.54. The summed E-state index contributed by atoms with van der Waals surface area (Å²) in [5, 5.41) is -0.550. The Morgan fingerprint density at radius 1 is 1.09 bits per heavy atom. The number of ether oxygens (including phenoxy) is 4. The molecule has 5 aliphatic rings. The summed E-state index contributed by atoms with van der Waals surface area (Å²) in [5.74, 6) is -0.763. The molecule has 6 nitrogen and oxygen atoms in total. The van der Waals surface area contributed by atoms with E-state index >= 15 is 0 Å². The maximum Gasteiger partial charge on any atom is 0.202 e. The second-order valence-corrected chi connectivity index (χ2v) is 10.7. The largest absolute Gasteiger partial charge is 0.494 e. The summed E-state index contributed by atoms with van der Waals surface area (Å²) in [6, 6.07) is 0. The van der Waals surface area contributed by atoms with Crippen LogP contribution in [0.3, 0.4) is 0 Å². The van der Waals surface area contributed by atoms with Gasteiger partial charge in [0.1, 0.15) is 18.0 Å². The first kappa shape index (κ1) is 22.8. The lowest BCUT2D eigenvalue weighted by molar-refractivity contribution is -0.159. The summed E-state index contributed by atoms with van der Waals surface area (Å²) < 4.78 is 37.7. The van der Waals surface area contributed by atoms with Gasteiger partial charge in [-0.1, -0.05) is 13.3 Å². The fourth-order valence-corrected chi connectivity index (χ4v) is 7.15. The number of hydrogen-bond acceptors (Lipinski definition) is 6. The normalized spacial score (nSPS) is 48.7. The van der Waals surface area contributed by atoms with E-state index in [4.69, 9.17) is 30.5 Å². The molecular formula is C24H32ClFO6. The fourth-order valence-electron chi connectivity index (χ4n) is 6.73. The number of rotatable bonds is 3. The van der Waals surface area contributed by atoms with Crippen molar-refractivity contribution >= 4 is 23.2 Å². The van der Waals surface area contributed by atoms with Gasteiger partial charge in [-0.15, -0.1) is 11.6 Å². The molecule has 0 aromatic carbocycles. The van der Waals surface area contributed by atoms with Gasteiger partial charge in [0.2, 0.25) is 5.78 Å². The zero-order chi connectivity index (χ0) is 22.8. The third kappa shape index (κ3) is 3.22. The molecular weight excluding hydrogens is 439 g/mol. The lowest BCUT2D eigenvalue weighted by Gasteiger charge is -2.39. The number of carbonyl (C=O) groups excluding carboxylic acids is 2. The van der Waals surface area contributed by atoms with Crippen LogP contribution in [0, 0.1) is 17.8 Å². The van der Waals surface area contributed by atoms with Crippen molar-refractivity contribution in [3.63, 3.8) is 0 Å². The first-order valence-corrected chi connectivity index (χ1v) is 12.2. The van der Waals surface area contributed by atoms with Crippen molar-refractivity contribution in [1.29, 1.82) is 0 Å². The zero-order valence-corrected chi connectivity index (χ0v) is 19.6. The first-order valence-electron chi connectivity index (χ1n) is 11.8. The summed E-state index contributed by atoms with van der Waals surface area (Å²) >= 11 is 6.68. The fraction of sp³-hybridized carbons (Fsp3) is 0.833. The molecule has 2 saturated carbocycles. The molecule has 3 fully saturated rings. The van der Waals surface area contributed by atoms with Crippen LogP contribution >= 0.6 is 11.6 Å². The van der Waals surface area contributed by atoms with E-state index < -0.39 is 35.3 Å². The van der Waals surface area contributed by atoms with Crippen molar-refractivity contribution in [1.82, 2.24) is 0 Å². The summed E-state index contributed by atoms with van der Waals surface area (Å²) in [6.07, 6.45) is 1.77. The number of Topliss-reactive ketones (excluding diaryl/α,β-unsaturated/α-hetero) is 2. The van der Waals surface area contributed by atoms with Gasteiger partial charge in [-0.05, 0) is 25.2 Å². The van der Waals surface area contributed by atoms with Crippen molar-refractivity contribution < 1.29 is 32.9 Å². The molecule has 0 N–H and O–H groups in total. The lowest BCUT2D eigenvalue weighted by atomic mass is 9.68. The second-order valence-electron chi connectivity index (χ2n) is 10.2. The van der Waals surface area contributed by atoms with E-state index in [0.29, 0.717) is 43.4 Å². The molecule has 0 radical (unpaired) electrons. The van der Waals surface area contributed by atoms with Gasteiger partial charge in [-0.2, -0.15) is 0 Å². The first-order chi connectivity index (χ1) is 15.3. The third-order valence-corrected chi connectivity index (χ3v) is 9.02. The summed E-state index contributed by atoms with van der Waals surface area (Å²) in [6.45, 7) is 1.87. The molecule has 7 unspecified atom stereocenters. The monoisotopic (exact) mass is 470 g/mol. The number of methoxy groups -OCH3 is 2. The van der Waals surface area contributed by atoms with Crippen molar-refractivity contribution in [2.75, 3.05) is 14.2 Å². The molecule has 178 valence electrons. The average molecular weight is 471 g/mol. The van der Waals surface area contributed by atoms with Crippen LogP contribution in [0.4, 0.5) is 4.39 Å². The number of fused-ring (bicyclic) bond motifs is 1. The number of ketones is 2. The maximum atomic E-state index is 14.0. The number of halogens is 2. The standard InChI is InChI=1S/C24H32ClFO6/c1-11-7-16-14(9-15(31-16)12-5-4-6-13(26)8-12)22(27)24(11)23(28)19-17(29-2)10-18(30-3)20(25)21(19)32-24/h11-13,15,17-21H,4-10H2,1-3H3/t11-,12?,13?,15-,17?,18?,19?,20?,21?,24+/m1/s1. The molecule has 0 amide bonds. The molecule has 0 aromatic rings. The number of allylic oxidation sites excluding steroid dienone is 1. The van der Waals surface area contributed by atoms with E-state index in [0.717, 1.165) is 12.8 Å². The minimum Gasteiger partial charge on any atom is -0.494 e. The summed E-state index contributed by atoms with van der Waals surface area (Å²) in [4.78, 5) is 27.7. The molecule has 2 aliphatic heterocycles. The van der Waals surface area contributed by atoms with Gasteiger partial charge in [0, 0.05) is 45.0 Å². The van der Waals surface area contributed by atoms with Crippen molar-refractivity contribution in [3.8, 4) is 0 Å². The molecule has 3 aliphatic carbocycles. The third-order valence-electron chi connectivity index (χ3n) is 8.49.